The molecule has 0 unspecified atom stereocenters. The summed E-state index contributed by atoms with van der Waals surface area (Å²) >= 11 is 5.86. The molecule has 0 aliphatic rings. The number of carbonyl (C=O) groups excluding carboxylic acids is 2. The minimum absolute atomic E-state index is 0.0262. The Morgan fingerprint density at radius 1 is 1.40 bits per heavy atom. The van der Waals surface area contributed by atoms with Crippen molar-refractivity contribution >= 4 is 23.4 Å². The van der Waals surface area contributed by atoms with Gasteiger partial charge in [0.05, 0.1) is 13.1 Å². The highest BCUT2D eigenvalue weighted by Crippen LogP contribution is 2.16. The van der Waals surface area contributed by atoms with Crippen LogP contribution in [0, 0.1) is 0 Å². The van der Waals surface area contributed by atoms with Crippen molar-refractivity contribution < 1.29 is 14.3 Å². The Bertz CT molecular complexity index is 706. The Hall–Kier alpha value is -2.54. The second-order valence-electron chi connectivity index (χ2n) is 5.51. The Labute approximate surface area is 151 Å². The van der Waals surface area contributed by atoms with Crippen LogP contribution in [0.15, 0.2) is 42.7 Å². The van der Waals surface area contributed by atoms with Crippen molar-refractivity contribution in [2.75, 3.05) is 26.7 Å². The van der Waals surface area contributed by atoms with E-state index in [0.717, 1.165) is 0 Å². The first-order chi connectivity index (χ1) is 12.0. The lowest BCUT2D eigenvalue weighted by Crippen LogP contribution is -2.42. The summed E-state index contributed by atoms with van der Waals surface area (Å²) in [6.07, 6.45) is 3.32. The number of hydrogen-bond donors (Lipinski definition) is 1. The van der Waals surface area contributed by atoms with Crippen LogP contribution in [0.4, 0.5) is 0 Å². The molecule has 0 aliphatic carbocycles. The third kappa shape index (κ3) is 5.79. The maximum atomic E-state index is 12.3. The number of rotatable bonds is 8. The van der Waals surface area contributed by atoms with Crippen LogP contribution in [-0.2, 0) is 9.59 Å². The van der Waals surface area contributed by atoms with Gasteiger partial charge in [-0.3, -0.25) is 14.3 Å². The minimum Gasteiger partial charge on any atom is -0.492 e. The normalized spacial score (nSPS) is 11.6. The van der Waals surface area contributed by atoms with Crippen molar-refractivity contribution in [3.8, 4) is 5.75 Å². The van der Waals surface area contributed by atoms with Crippen molar-refractivity contribution in [3.05, 3.63) is 47.7 Å². The molecule has 1 atom stereocenters. The molecular weight excluding hydrogens is 344 g/mol. The molecule has 2 aromatic rings. The second-order valence-corrected chi connectivity index (χ2v) is 5.95. The summed E-state index contributed by atoms with van der Waals surface area (Å²) in [4.78, 5) is 25.6. The maximum absolute atomic E-state index is 12.3. The number of carbonyl (C=O) groups is 2. The van der Waals surface area contributed by atoms with Crippen LogP contribution in [-0.4, -0.2) is 53.2 Å². The zero-order valence-electron chi connectivity index (χ0n) is 14.2. The van der Waals surface area contributed by atoms with E-state index < -0.39 is 6.04 Å². The molecule has 2 amide bonds. The number of amides is 2. The molecule has 134 valence electrons. The molecule has 1 aromatic carbocycles. The van der Waals surface area contributed by atoms with E-state index in [1.54, 1.807) is 61.4 Å². The molecule has 0 bridgehead atoms. The lowest BCUT2D eigenvalue weighted by Gasteiger charge is -2.21. The molecule has 1 N–H and O–H groups in total. The van der Waals surface area contributed by atoms with Crippen LogP contribution in [0.2, 0.25) is 5.02 Å². The number of benzene rings is 1. The van der Waals surface area contributed by atoms with Crippen LogP contribution < -0.4 is 10.1 Å². The zero-order chi connectivity index (χ0) is 18.2. The van der Waals surface area contributed by atoms with Gasteiger partial charge in [0.15, 0.2) is 0 Å². The fourth-order valence-electron chi connectivity index (χ4n) is 2.21. The van der Waals surface area contributed by atoms with Gasteiger partial charge in [0.1, 0.15) is 18.4 Å². The van der Waals surface area contributed by atoms with Crippen molar-refractivity contribution in [2.45, 2.75) is 13.0 Å². The monoisotopic (exact) mass is 364 g/mol. The maximum Gasteiger partial charge on any atom is 0.247 e. The number of hydrogen-bond acceptors (Lipinski definition) is 4. The fraction of sp³-hybridized carbons (Fsp3) is 0.353. The number of ether oxygens (including phenoxy) is 1. The second kappa shape index (κ2) is 9.08. The van der Waals surface area contributed by atoms with E-state index >= 15 is 0 Å². The smallest absolute Gasteiger partial charge is 0.247 e. The third-order valence-electron chi connectivity index (χ3n) is 3.53. The minimum atomic E-state index is -0.459. The molecule has 0 radical (unpaired) electrons. The lowest BCUT2D eigenvalue weighted by atomic mass is 10.3. The molecule has 7 nitrogen and oxygen atoms in total. The van der Waals surface area contributed by atoms with Gasteiger partial charge in [-0.2, -0.15) is 5.10 Å². The van der Waals surface area contributed by atoms with E-state index in [0.29, 0.717) is 23.9 Å². The highest BCUT2D eigenvalue weighted by atomic mass is 35.5. The molecule has 0 saturated heterocycles. The van der Waals surface area contributed by atoms with E-state index in [2.05, 4.69) is 10.4 Å². The molecule has 8 heteroatoms. The van der Waals surface area contributed by atoms with Crippen molar-refractivity contribution in [3.63, 3.8) is 0 Å². The fourth-order valence-corrected chi connectivity index (χ4v) is 2.39. The summed E-state index contributed by atoms with van der Waals surface area (Å²) in [5, 5.41) is 7.34. The average Bonchev–Trinajstić information content (AvgIpc) is 3.12. The van der Waals surface area contributed by atoms with Crippen molar-refractivity contribution in [1.29, 1.82) is 0 Å². The first-order valence-electron chi connectivity index (χ1n) is 7.86. The molecule has 0 fully saturated rings. The van der Waals surface area contributed by atoms with Gasteiger partial charge < -0.3 is 15.0 Å². The molecule has 0 spiro atoms. The zero-order valence-corrected chi connectivity index (χ0v) is 14.9. The van der Waals surface area contributed by atoms with E-state index in [-0.39, 0.29) is 18.4 Å². The van der Waals surface area contributed by atoms with E-state index in [9.17, 15) is 9.59 Å². The summed E-state index contributed by atoms with van der Waals surface area (Å²) in [5.74, 6) is 0.203. The van der Waals surface area contributed by atoms with E-state index in [1.807, 2.05) is 0 Å². The number of nitrogens with zero attached hydrogens (tertiary/aromatic N) is 3. The molecule has 0 aliphatic heterocycles. The summed E-state index contributed by atoms with van der Waals surface area (Å²) in [7, 11) is 1.59. The molecular formula is C17H21ClN4O3. The number of halogens is 1. The highest BCUT2D eigenvalue weighted by molar-refractivity contribution is 6.30. The standard InChI is InChI=1S/C17H21ClN4O3/c1-13(22-9-4-7-20-22)17(24)21(2)12-16(23)19-8-10-25-15-6-3-5-14(18)11-15/h3-7,9,11,13H,8,10,12H2,1-2H3,(H,19,23)/t13-/m1/s1. The number of likely N-dealkylation sites (N-methyl/N-ethyl adjacent to an activating group) is 1. The van der Waals surface area contributed by atoms with Crippen molar-refractivity contribution in [2.24, 2.45) is 0 Å². The topological polar surface area (TPSA) is 76.5 Å². The van der Waals surface area contributed by atoms with Crippen LogP contribution >= 0.6 is 11.6 Å². The van der Waals surface area contributed by atoms with Gasteiger partial charge in [0.2, 0.25) is 11.8 Å². The Morgan fingerprint density at radius 2 is 2.20 bits per heavy atom. The lowest BCUT2D eigenvalue weighted by molar-refractivity contribution is -0.137. The molecule has 25 heavy (non-hydrogen) atoms. The Kier molecular flexibility index (Phi) is 6.82. The molecule has 1 heterocycles. The SMILES string of the molecule is C[C@H](C(=O)N(C)CC(=O)NCCOc1cccc(Cl)c1)n1cccn1. The van der Waals surface area contributed by atoms with Gasteiger partial charge in [0.25, 0.3) is 0 Å². The molecule has 2 rings (SSSR count). The summed E-state index contributed by atoms with van der Waals surface area (Å²) in [6.45, 7) is 2.36. The average molecular weight is 365 g/mol. The van der Waals surface area contributed by atoms with Gasteiger partial charge in [-0.1, -0.05) is 17.7 Å². The number of aromatic nitrogens is 2. The first-order valence-corrected chi connectivity index (χ1v) is 8.24. The quantitative estimate of drug-likeness (QED) is 0.724. The molecule has 1 aromatic heterocycles. The van der Waals surface area contributed by atoms with Crippen LogP contribution in [0.25, 0.3) is 0 Å². The Morgan fingerprint density at radius 3 is 2.88 bits per heavy atom. The van der Waals surface area contributed by atoms with E-state index in [4.69, 9.17) is 16.3 Å². The largest absolute Gasteiger partial charge is 0.492 e. The summed E-state index contributed by atoms with van der Waals surface area (Å²) in [6, 6.07) is 8.32. The van der Waals surface area contributed by atoms with Gasteiger partial charge in [-0.05, 0) is 31.2 Å². The van der Waals surface area contributed by atoms with Gasteiger partial charge >= 0.3 is 0 Å². The predicted molar refractivity (Wildman–Crippen MR) is 94.5 cm³/mol. The van der Waals surface area contributed by atoms with Gasteiger partial charge in [-0.15, -0.1) is 0 Å². The summed E-state index contributed by atoms with van der Waals surface area (Å²) < 4.78 is 7.04. The summed E-state index contributed by atoms with van der Waals surface area (Å²) in [5.41, 5.74) is 0. The molecule has 0 saturated carbocycles. The number of nitrogens with one attached hydrogen (secondary N) is 1. The highest BCUT2D eigenvalue weighted by Gasteiger charge is 2.20. The van der Waals surface area contributed by atoms with Crippen LogP contribution in [0.1, 0.15) is 13.0 Å². The first kappa shape index (κ1) is 18.8. The van der Waals surface area contributed by atoms with Gasteiger partial charge in [0, 0.05) is 24.5 Å². The van der Waals surface area contributed by atoms with Crippen molar-refractivity contribution in [1.82, 2.24) is 20.0 Å². The van der Waals surface area contributed by atoms with Crippen LogP contribution in [0.3, 0.4) is 0 Å². The van der Waals surface area contributed by atoms with Gasteiger partial charge in [-0.25, -0.2) is 0 Å². The Balaban J connectivity index is 1.69. The van der Waals surface area contributed by atoms with E-state index in [1.165, 1.54) is 4.90 Å². The predicted octanol–water partition coefficient (Wildman–Crippen LogP) is 1.75. The van der Waals surface area contributed by atoms with Crippen LogP contribution in [0.5, 0.6) is 5.75 Å². The third-order valence-corrected chi connectivity index (χ3v) is 3.76.